The summed E-state index contributed by atoms with van der Waals surface area (Å²) in [5, 5.41) is 9.47. The van der Waals surface area contributed by atoms with Crippen molar-refractivity contribution in [1.29, 1.82) is 5.26 Å². The predicted octanol–water partition coefficient (Wildman–Crippen LogP) is 5.82. The average molecular weight is 423 g/mol. The summed E-state index contributed by atoms with van der Waals surface area (Å²) in [5.41, 5.74) is 1.72. The van der Waals surface area contributed by atoms with Gasteiger partial charge in [0.25, 0.3) is 11.8 Å². The molecule has 1 aliphatic heterocycles. The Hall–Kier alpha value is -2.87. The Kier molecular flexibility index (Phi) is 10.0. The fourth-order valence-electron chi connectivity index (χ4n) is 3.58. The van der Waals surface area contributed by atoms with E-state index >= 15 is 0 Å². The molecule has 0 spiro atoms. The fourth-order valence-corrected chi connectivity index (χ4v) is 3.58. The standard InChI is InChI=1S/C26H34N2O3/c1-4-6-8-9-11-17-31-22-14-12-21(13-15-22)18-23-20(3)24(19-27)26(30)28(25(23)29)16-10-7-5-2/h12-15,18H,4-11,16-17H2,1-3H3/b23-18+. The van der Waals surface area contributed by atoms with Crippen molar-refractivity contribution < 1.29 is 14.3 Å². The maximum atomic E-state index is 13.0. The van der Waals surface area contributed by atoms with Crippen LogP contribution in [0.2, 0.25) is 0 Å². The molecule has 0 N–H and O–H groups in total. The molecule has 2 amide bonds. The van der Waals surface area contributed by atoms with Crippen molar-refractivity contribution >= 4 is 17.9 Å². The van der Waals surface area contributed by atoms with Gasteiger partial charge in [-0.15, -0.1) is 0 Å². The largest absolute Gasteiger partial charge is 0.494 e. The number of carbonyl (C=O) groups excluding carboxylic acids is 2. The smallest absolute Gasteiger partial charge is 0.271 e. The molecule has 0 aromatic heterocycles. The van der Waals surface area contributed by atoms with Gasteiger partial charge in [0, 0.05) is 12.1 Å². The van der Waals surface area contributed by atoms with Crippen LogP contribution >= 0.6 is 0 Å². The second-order valence-electron chi connectivity index (χ2n) is 7.97. The molecule has 0 saturated carbocycles. The number of rotatable bonds is 12. The van der Waals surface area contributed by atoms with Gasteiger partial charge in [0.15, 0.2) is 0 Å². The number of unbranched alkanes of at least 4 members (excludes halogenated alkanes) is 6. The van der Waals surface area contributed by atoms with Crippen molar-refractivity contribution in [3.63, 3.8) is 0 Å². The normalized spacial score (nSPS) is 15.5. The van der Waals surface area contributed by atoms with Crippen molar-refractivity contribution in [3.8, 4) is 11.8 Å². The van der Waals surface area contributed by atoms with Crippen LogP contribution in [-0.2, 0) is 9.59 Å². The van der Waals surface area contributed by atoms with E-state index in [-0.39, 0.29) is 11.5 Å². The van der Waals surface area contributed by atoms with Crippen LogP contribution in [0.3, 0.4) is 0 Å². The lowest BCUT2D eigenvalue weighted by molar-refractivity contribution is -0.140. The van der Waals surface area contributed by atoms with Gasteiger partial charge in [-0.05, 0) is 49.1 Å². The van der Waals surface area contributed by atoms with Gasteiger partial charge >= 0.3 is 0 Å². The fraction of sp³-hybridized carbons (Fsp3) is 0.500. The average Bonchev–Trinajstić information content (AvgIpc) is 2.77. The second kappa shape index (κ2) is 12.7. The summed E-state index contributed by atoms with van der Waals surface area (Å²) in [4.78, 5) is 26.8. The Labute approximate surface area is 186 Å². The molecule has 0 radical (unpaired) electrons. The molecule has 5 nitrogen and oxygen atoms in total. The SMILES string of the molecule is CCCCCCCOc1ccc(/C=C2/C(=O)N(CCCCC)C(=O)C(C#N)=C2C)cc1. The molecule has 0 atom stereocenters. The van der Waals surface area contributed by atoms with E-state index in [1.807, 2.05) is 30.3 Å². The van der Waals surface area contributed by atoms with E-state index in [2.05, 4.69) is 13.8 Å². The zero-order valence-corrected chi connectivity index (χ0v) is 19.1. The molecule has 0 aliphatic carbocycles. The van der Waals surface area contributed by atoms with Crippen molar-refractivity contribution in [2.75, 3.05) is 13.2 Å². The van der Waals surface area contributed by atoms with Crippen molar-refractivity contribution in [1.82, 2.24) is 4.90 Å². The molecule has 1 aliphatic rings. The Bertz CT molecular complexity index is 860. The van der Waals surface area contributed by atoms with Crippen molar-refractivity contribution in [3.05, 3.63) is 46.5 Å². The Morgan fingerprint density at radius 1 is 0.935 bits per heavy atom. The number of nitriles is 1. The molecule has 0 saturated heterocycles. The topological polar surface area (TPSA) is 70.4 Å². The van der Waals surface area contributed by atoms with E-state index in [4.69, 9.17) is 4.74 Å². The first kappa shape index (κ1) is 24.4. The van der Waals surface area contributed by atoms with Crippen LogP contribution < -0.4 is 4.74 Å². The number of hydrogen-bond donors (Lipinski definition) is 0. The highest BCUT2D eigenvalue weighted by atomic mass is 16.5. The molecule has 1 aromatic carbocycles. The van der Waals surface area contributed by atoms with Gasteiger partial charge < -0.3 is 4.74 Å². The van der Waals surface area contributed by atoms with Crippen molar-refractivity contribution in [2.45, 2.75) is 72.1 Å². The van der Waals surface area contributed by atoms with Crippen LogP contribution in [-0.4, -0.2) is 29.9 Å². The summed E-state index contributed by atoms with van der Waals surface area (Å²) >= 11 is 0. The number of ether oxygens (including phenoxy) is 1. The van der Waals surface area contributed by atoms with Crippen LogP contribution in [0.5, 0.6) is 5.75 Å². The summed E-state index contributed by atoms with van der Waals surface area (Å²) in [7, 11) is 0. The highest BCUT2D eigenvalue weighted by Gasteiger charge is 2.34. The summed E-state index contributed by atoms with van der Waals surface area (Å²) in [5.74, 6) is -0.0140. The van der Waals surface area contributed by atoms with Gasteiger partial charge in [0.05, 0.1) is 6.61 Å². The second-order valence-corrected chi connectivity index (χ2v) is 7.97. The van der Waals surface area contributed by atoms with Gasteiger partial charge in [-0.1, -0.05) is 64.5 Å². The minimum Gasteiger partial charge on any atom is -0.494 e. The summed E-state index contributed by atoms with van der Waals surface area (Å²) in [6, 6.07) is 9.55. The van der Waals surface area contributed by atoms with E-state index in [1.54, 1.807) is 13.0 Å². The van der Waals surface area contributed by atoms with Crippen LogP contribution in [0, 0.1) is 11.3 Å². The quantitative estimate of drug-likeness (QED) is 0.242. The van der Waals surface area contributed by atoms with E-state index in [1.165, 1.54) is 30.6 Å². The minimum absolute atomic E-state index is 0.0466. The summed E-state index contributed by atoms with van der Waals surface area (Å²) in [6.07, 6.45) is 10.4. The zero-order valence-electron chi connectivity index (χ0n) is 19.1. The number of hydrogen-bond acceptors (Lipinski definition) is 4. The van der Waals surface area contributed by atoms with Gasteiger partial charge in [0.2, 0.25) is 0 Å². The van der Waals surface area contributed by atoms with E-state index < -0.39 is 5.91 Å². The van der Waals surface area contributed by atoms with Crippen LogP contribution in [0.1, 0.15) is 77.7 Å². The third kappa shape index (κ3) is 6.82. The van der Waals surface area contributed by atoms with Crippen LogP contribution in [0.25, 0.3) is 6.08 Å². The first-order valence-electron chi connectivity index (χ1n) is 11.5. The maximum absolute atomic E-state index is 13.0. The van der Waals surface area contributed by atoms with Gasteiger partial charge in [-0.25, -0.2) is 0 Å². The third-order valence-corrected chi connectivity index (χ3v) is 5.52. The lowest BCUT2D eigenvalue weighted by Gasteiger charge is -2.27. The molecule has 1 aromatic rings. The predicted molar refractivity (Wildman–Crippen MR) is 123 cm³/mol. The highest BCUT2D eigenvalue weighted by molar-refractivity contribution is 6.19. The minimum atomic E-state index is -0.485. The summed E-state index contributed by atoms with van der Waals surface area (Å²) in [6.45, 7) is 6.97. The molecule has 0 unspecified atom stereocenters. The molecule has 1 heterocycles. The van der Waals surface area contributed by atoms with Crippen LogP contribution in [0.15, 0.2) is 41.0 Å². The number of nitrogens with zero attached hydrogens (tertiary/aromatic N) is 2. The highest BCUT2D eigenvalue weighted by Crippen LogP contribution is 2.27. The number of amides is 2. The number of carbonyl (C=O) groups is 2. The lowest BCUT2D eigenvalue weighted by atomic mass is 9.93. The number of imide groups is 1. The lowest BCUT2D eigenvalue weighted by Crippen LogP contribution is -2.43. The maximum Gasteiger partial charge on any atom is 0.271 e. The van der Waals surface area contributed by atoms with Gasteiger partial charge in [-0.2, -0.15) is 5.26 Å². The first-order valence-corrected chi connectivity index (χ1v) is 11.5. The number of benzene rings is 1. The Morgan fingerprint density at radius 2 is 1.58 bits per heavy atom. The molecular formula is C26H34N2O3. The van der Waals surface area contributed by atoms with Gasteiger partial charge in [-0.3, -0.25) is 14.5 Å². The van der Waals surface area contributed by atoms with E-state index in [0.717, 1.165) is 37.0 Å². The third-order valence-electron chi connectivity index (χ3n) is 5.52. The van der Waals surface area contributed by atoms with Crippen molar-refractivity contribution in [2.24, 2.45) is 0 Å². The van der Waals surface area contributed by atoms with E-state index in [9.17, 15) is 14.9 Å². The Morgan fingerprint density at radius 3 is 2.23 bits per heavy atom. The van der Waals surface area contributed by atoms with Crippen LogP contribution in [0.4, 0.5) is 0 Å². The molecule has 166 valence electrons. The van der Waals surface area contributed by atoms with E-state index in [0.29, 0.717) is 24.3 Å². The first-order chi connectivity index (χ1) is 15.0. The molecule has 0 bridgehead atoms. The monoisotopic (exact) mass is 422 g/mol. The molecule has 5 heteroatoms. The zero-order chi connectivity index (χ0) is 22.6. The van der Waals surface area contributed by atoms with Gasteiger partial charge in [0.1, 0.15) is 17.4 Å². The molecule has 31 heavy (non-hydrogen) atoms. The molecular weight excluding hydrogens is 388 g/mol. The Balaban J connectivity index is 2.11. The molecule has 2 rings (SSSR count). The summed E-state index contributed by atoms with van der Waals surface area (Å²) < 4.78 is 5.80. The molecule has 0 fully saturated rings.